The minimum atomic E-state index is -1.26. The number of carbonyl (C=O) groups excluding carboxylic acids is 2. The molecule has 7 heteroatoms. The molecule has 1 saturated heterocycles. The summed E-state index contributed by atoms with van der Waals surface area (Å²) < 4.78 is 2.15. The molecule has 0 aliphatic carbocycles. The maximum Gasteiger partial charge on any atom is 0.266 e. The van der Waals surface area contributed by atoms with E-state index in [-0.39, 0.29) is 10.2 Å². The summed E-state index contributed by atoms with van der Waals surface area (Å²) in [6.07, 6.45) is 7.37. The largest absolute Gasteiger partial charge is 0.548 e. The molecule has 1 aromatic heterocycles. The van der Waals surface area contributed by atoms with Crippen molar-refractivity contribution < 1.29 is 14.7 Å². The number of unbranched alkanes of at least 4 members (excludes halogenated alkanes) is 1. The molecule has 0 unspecified atom stereocenters. The van der Waals surface area contributed by atoms with Crippen LogP contribution in [0.25, 0.3) is 6.08 Å². The van der Waals surface area contributed by atoms with Gasteiger partial charge in [0, 0.05) is 19.4 Å². The highest BCUT2D eigenvalue weighted by Gasteiger charge is 2.37. The molecule has 1 aliphatic heterocycles. The summed E-state index contributed by atoms with van der Waals surface area (Å²) in [7, 11) is 1.89. The number of thiocarbonyl (C=S) groups is 1. The van der Waals surface area contributed by atoms with Crippen molar-refractivity contribution in [2.75, 3.05) is 0 Å². The molecule has 1 amide bonds. The number of thioether (sulfide) groups is 1. The first-order valence-electron chi connectivity index (χ1n) is 7.04. The second-order valence-corrected chi connectivity index (χ2v) is 6.81. The second kappa shape index (κ2) is 7.11. The third-order valence-electron chi connectivity index (χ3n) is 3.39. The molecule has 118 valence electrons. The van der Waals surface area contributed by atoms with E-state index in [1.807, 2.05) is 37.0 Å². The summed E-state index contributed by atoms with van der Waals surface area (Å²) in [6.45, 7) is 1.96. The van der Waals surface area contributed by atoms with Crippen LogP contribution in [0.2, 0.25) is 0 Å². The van der Waals surface area contributed by atoms with Gasteiger partial charge in [-0.2, -0.15) is 0 Å². The van der Waals surface area contributed by atoms with E-state index in [4.69, 9.17) is 12.2 Å². The molecule has 1 aromatic rings. The Morgan fingerprint density at radius 1 is 1.55 bits per heavy atom. The number of rotatable bonds is 6. The average molecular weight is 337 g/mol. The molecule has 1 aliphatic rings. The van der Waals surface area contributed by atoms with Crippen molar-refractivity contribution in [3.63, 3.8) is 0 Å². The lowest BCUT2D eigenvalue weighted by Crippen LogP contribution is -2.49. The Balaban J connectivity index is 2.23. The number of carboxylic acid groups (broad SMARTS) is 1. The van der Waals surface area contributed by atoms with Crippen LogP contribution in [0.5, 0.6) is 0 Å². The Hall–Kier alpha value is -1.60. The zero-order valence-electron chi connectivity index (χ0n) is 12.4. The van der Waals surface area contributed by atoms with Crippen LogP contribution >= 0.6 is 24.0 Å². The van der Waals surface area contributed by atoms with E-state index in [1.165, 1.54) is 4.90 Å². The smallest absolute Gasteiger partial charge is 0.266 e. The van der Waals surface area contributed by atoms with Gasteiger partial charge in [-0.05, 0) is 24.1 Å². The number of aryl methyl sites for hydroxylation is 1. The van der Waals surface area contributed by atoms with E-state index in [2.05, 4.69) is 0 Å². The highest BCUT2D eigenvalue weighted by atomic mass is 32.2. The summed E-state index contributed by atoms with van der Waals surface area (Å²) in [5.74, 6) is -1.62. The van der Waals surface area contributed by atoms with Crippen LogP contribution in [0.15, 0.2) is 23.4 Å². The van der Waals surface area contributed by atoms with Crippen molar-refractivity contribution in [3.8, 4) is 0 Å². The third-order valence-corrected chi connectivity index (χ3v) is 4.72. The number of amides is 1. The molecule has 0 spiro atoms. The van der Waals surface area contributed by atoms with Gasteiger partial charge in [0.05, 0.1) is 16.9 Å². The maximum absolute atomic E-state index is 12.5. The highest BCUT2D eigenvalue weighted by Crippen LogP contribution is 2.34. The quantitative estimate of drug-likeness (QED) is 0.582. The number of aromatic nitrogens is 1. The molecule has 2 rings (SSSR count). The minimum absolute atomic E-state index is 0.275. The highest BCUT2D eigenvalue weighted by molar-refractivity contribution is 8.26. The van der Waals surface area contributed by atoms with Gasteiger partial charge in [-0.25, -0.2) is 0 Å². The molecule has 0 bridgehead atoms. The zero-order chi connectivity index (χ0) is 16.3. The van der Waals surface area contributed by atoms with Crippen molar-refractivity contribution in [3.05, 3.63) is 28.9 Å². The first-order chi connectivity index (χ1) is 10.4. The number of carboxylic acids is 1. The number of nitrogens with zero attached hydrogens (tertiary/aromatic N) is 2. The molecule has 0 saturated carbocycles. The monoisotopic (exact) mass is 337 g/mol. The normalized spacial score (nSPS) is 18.3. The fraction of sp³-hybridized carbons (Fsp3) is 0.400. The lowest BCUT2D eigenvalue weighted by atomic mass is 10.1. The van der Waals surface area contributed by atoms with Gasteiger partial charge in [0.2, 0.25) is 0 Å². The van der Waals surface area contributed by atoms with Crippen LogP contribution in [0, 0.1) is 0 Å². The average Bonchev–Trinajstić information content (AvgIpc) is 2.97. The van der Waals surface area contributed by atoms with Crippen LogP contribution in [-0.4, -0.2) is 31.7 Å². The van der Waals surface area contributed by atoms with Crippen LogP contribution in [0.1, 0.15) is 31.7 Å². The predicted octanol–water partition coefficient (Wildman–Crippen LogP) is 1.53. The summed E-state index contributed by atoms with van der Waals surface area (Å²) >= 11 is 6.33. The lowest BCUT2D eigenvalue weighted by molar-refractivity contribution is -0.310. The number of aliphatic carboxylic acids is 1. The predicted molar refractivity (Wildman–Crippen MR) is 88.7 cm³/mol. The van der Waals surface area contributed by atoms with E-state index < -0.39 is 12.0 Å². The van der Waals surface area contributed by atoms with Gasteiger partial charge in [0.1, 0.15) is 4.32 Å². The fourth-order valence-electron chi connectivity index (χ4n) is 2.26. The number of hydrogen-bond donors (Lipinski definition) is 0. The van der Waals surface area contributed by atoms with Gasteiger partial charge in [-0.1, -0.05) is 43.7 Å². The number of carbonyl (C=O) groups is 2. The Labute approximate surface area is 139 Å². The van der Waals surface area contributed by atoms with Gasteiger partial charge in [-0.15, -0.1) is 0 Å². The van der Waals surface area contributed by atoms with Crippen molar-refractivity contribution in [2.24, 2.45) is 7.05 Å². The molecule has 5 nitrogen and oxygen atoms in total. The SMILES string of the molecule is CCCC[C@H](C(=O)[O-])N1C(=O)/C(=C\c2ccn(C)c2)SC1=S. The summed E-state index contributed by atoms with van der Waals surface area (Å²) in [4.78, 5) is 25.5. The maximum atomic E-state index is 12.5. The Morgan fingerprint density at radius 3 is 2.82 bits per heavy atom. The molecule has 0 radical (unpaired) electrons. The van der Waals surface area contributed by atoms with Crippen LogP contribution in [0.4, 0.5) is 0 Å². The van der Waals surface area contributed by atoms with Crippen molar-refractivity contribution in [2.45, 2.75) is 32.2 Å². The first-order valence-corrected chi connectivity index (χ1v) is 8.26. The van der Waals surface area contributed by atoms with Crippen molar-refractivity contribution in [1.29, 1.82) is 0 Å². The molecular formula is C15H17N2O3S2-. The molecule has 0 N–H and O–H groups in total. The molecule has 22 heavy (non-hydrogen) atoms. The third kappa shape index (κ3) is 3.59. The Bertz CT molecular complexity index is 636. The summed E-state index contributed by atoms with van der Waals surface area (Å²) in [5.41, 5.74) is 0.876. The van der Waals surface area contributed by atoms with Gasteiger partial charge in [0.15, 0.2) is 0 Å². The summed E-state index contributed by atoms with van der Waals surface area (Å²) in [6, 6.07) is 0.883. The van der Waals surface area contributed by atoms with E-state index in [0.717, 1.165) is 23.7 Å². The minimum Gasteiger partial charge on any atom is -0.548 e. The van der Waals surface area contributed by atoms with Gasteiger partial charge in [0.25, 0.3) is 5.91 Å². The lowest BCUT2D eigenvalue weighted by Gasteiger charge is -2.27. The zero-order valence-corrected chi connectivity index (χ0v) is 14.1. The Kier molecular flexibility index (Phi) is 5.42. The fourth-order valence-corrected chi connectivity index (χ4v) is 3.62. The topological polar surface area (TPSA) is 65.4 Å². The molecule has 2 heterocycles. The van der Waals surface area contributed by atoms with Crippen LogP contribution in [-0.2, 0) is 16.6 Å². The van der Waals surface area contributed by atoms with Crippen molar-refractivity contribution >= 4 is 46.3 Å². The van der Waals surface area contributed by atoms with Gasteiger partial charge < -0.3 is 14.5 Å². The van der Waals surface area contributed by atoms with Crippen molar-refractivity contribution in [1.82, 2.24) is 9.47 Å². The molecule has 0 aromatic carbocycles. The van der Waals surface area contributed by atoms with E-state index >= 15 is 0 Å². The van der Waals surface area contributed by atoms with Gasteiger partial charge in [-0.3, -0.25) is 9.69 Å². The molecule has 1 atom stereocenters. The summed E-state index contributed by atoms with van der Waals surface area (Å²) in [5, 5.41) is 11.4. The van der Waals surface area contributed by atoms with E-state index in [9.17, 15) is 14.7 Å². The van der Waals surface area contributed by atoms with E-state index in [1.54, 1.807) is 6.08 Å². The van der Waals surface area contributed by atoms with E-state index in [0.29, 0.717) is 17.7 Å². The molecular weight excluding hydrogens is 320 g/mol. The number of hydrogen-bond acceptors (Lipinski definition) is 5. The standard InChI is InChI=1S/C15H18N2O3S2/c1-3-4-5-11(14(19)20)17-13(18)12(22-15(17)21)8-10-6-7-16(2)9-10/h6-9,11H,3-5H2,1-2H3,(H,19,20)/p-1/b12-8+/t11-/m1/s1. The second-order valence-electron chi connectivity index (χ2n) is 5.14. The van der Waals surface area contributed by atoms with Crippen LogP contribution in [0.3, 0.4) is 0 Å². The van der Waals surface area contributed by atoms with Gasteiger partial charge >= 0.3 is 0 Å². The molecule has 1 fully saturated rings. The Morgan fingerprint density at radius 2 is 2.27 bits per heavy atom. The van der Waals surface area contributed by atoms with Crippen LogP contribution < -0.4 is 5.11 Å². The first kappa shape index (κ1) is 16.8.